The first-order valence-electron chi connectivity index (χ1n) is 6.97. The van der Waals surface area contributed by atoms with Gasteiger partial charge in [-0.2, -0.15) is 0 Å². The van der Waals surface area contributed by atoms with Crippen molar-refractivity contribution in [1.82, 2.24) is 5.32 Å². The van der Waals surface area contributed by atoms with Gasteiger partial charge in [-0.25, -0.2) is 0 Å². The van der Waals surface area contributed by atoms with E-state index in [1.165, 1.54) is 5.56 Å². The Hall–Kier alpha value is -1.39. The van der Waals surface area contributed by atoms with Crippen LogP contribution in [0.1, 0.15) is 18.9 Å². The van der Waals surface area contributed by atoms with Gasteiger partial charge in [0.25, 0.3) is 0 Å². The molecule has 0 aliphatic carbocycles. The van der Waals surface area contributed by atoms with E-state index in [-0.39, 0.29) is 18.0 Å². The van der Waals surface area contributed by atoms with Crippen LogP contribution in [0.15, 0.2) is 24.3 Å². The number of benzene rings is 1. The highest BCUT2D eigenvalue weighted by Gasteiger charge is 2.31. The van der Waals surface area contributed by atoms with E-state index in [0.29, 0.717) is 13.0 Å². The van der Waals surface area contributed by atoms with Crippen LogP contribution in [0.25, 0.3) is 0 Å². The van der Waals surface area contributed by atoms with E-state index in [2.05, 4.69) is 18.3 Å². The minimum atomic E-state index is 0.154. The first kappa shape index (κ1) is 12.6. The second-order valence-electron chi connectivity index (χ2n) is 5.38. The first-order valence-corrected chi connectivity index (χ1v) is 6.97. The molecule has 0 aromatic heterocycles. The standard InChI is InChI=1S/C15H20N2O2/c1-11-8-12-4-2-3-5-14(12)17(11)15(18)9-13-10-19-7-6-16-13/h2-5,11,13,16H,6-10H2,1H3/t11-,13+/m0/s1. The fourth-order valence-electron chi connectivity index (χ4n) is 3.01. The van der Waals surface area contributed by atoms with Crippen LogP contribution in [-0.2, 0) is 16.0 Å². The highest BCUT2D eigenvalue weighted by atomic mass is 16.5. The van der Waals surface area contributed by atoms with Crippen molar-refractivity contribution in [3.63, 3.8) is 0 Å². The van der Waals surface area contributed by atoms with Gasteiger partial charge in [-0.15, -0.1) is 0 Å². The highest BCUT2D eigenvalue weighted by Crippen LogP contribution is 2.32. The number of hydrogen-bond donors (Lipinski definition) is 1. The SMILES string of the molecule is C[C@H]1Cc2ccccc2N1C(=O)C[C@@H]1COCCN1. The highest BCUT2D eigenvalue weighted by molar-refractivity contribution is 5.96. The summed E-state index contributed by atoms with van der Waals surface area (Å²) < 4.78 is 5.41. The van der Waals surface area contributed by atoms with Crippen LogP contribution in [0.5, 0.6) is 0 Å². The molecule has 4 nitrogen and oxygen atoms in total. The number of hydrogen-bond acceptors (Lipinski definition) is 3. The van der Waals surface area contributed by atoms with E-state index in [1.54, 1.807) is 0 Å². The van der Waals surface area contributed by atoms with Crippen LogP contribution in [0.2, 0.25) is 0 Å². The summed E-state index contributed by atoms with van der Waals surface area (Å²) in [6, 6.07) is 8.60. The lowest BCUT2D eigenvalue weighted by Gasteiger charge is -2.28. The number of morpholine rings is 1. The summed E-state index contributed by atoms with van der Waals surface area (Å²) in [4.78, 5) is 14.5. The zero-order valence-corrected chi connectivity index (χ0v) is 11.3. The monoisotopic (exact) mass is 260 g/mol. The van der Waals surface area contributed by atoms with Crippen LogP contribution in [0.4, 0.5) is 5.69 Å². The van der Waals surface area contributed by atoms with E-state index < -0.39 is 0 Å². The molecule has 1 N–H and O–H groups in total. The van der Waals surface area contributed by atoms with Gasteiger partial charge in [-0.3, -0.25) is 4.79 Å². The number of para-hydroxylation sites is 1. The molecule has 1 saturated heterocycles. The molecule has 1 amide bonds. The molecule has 1 fully saturated rings. The number of amides is 1. The predicted octanol–water partition coefficient (Wildman–Crippen LogP) is 1.34. The molecule has 0 bridgehead atoms. The molecule has 19 heavy (non-hydrogen) atoms. The van der Waals surface area contributed by atoms with Crippen LogP contribution < -0.4 is 10.2 Å². The largest absolute Gasteiger partial charge is 0.378 e. The van der Waals surface area contributed by atoms with Gasteiger partial charge < -0.3 is 15.0 Å². The first-order chi connectivity index (χ1) is 9.25. The fourth-order valence-corrected chi connectivity index (χ4v) is 3.01. The average molecular weight is 260 g/mol. The van der Waals surface area contributed by atoms with Crippen LogP contribution in [0, 0.1) is 0 Å². The van der Waals surface area contributed by atoms with Gasteiger partial charge >= 0.3 is 0 Å². The van der Waals surface area contributed by atoms with Crippen molar-refractivity contribution < 1.29 is 9.53 Å². The zero-order chi connectivity index (χ0) is 13.2. The van der Waals surface area contributed by atoms with Crippen molar-refractivity contribution in [2.45, 2.75) is 31.8 Å². The Balaban J connectivity index is 1.72. The third-order valence-electron chi connectivity index (χ3n) is 3.90. The normalized spacial score (nSPS) is 26.3. The lowest BCUT2D eigenvalue weighted by atomic mass is 10.1. The molecule has 0 radical (unpaired) electrons. The molecule has 3 rings (SSSR count). The third-order valence-corrected chi connectivity index (χ3v) is 3.90. The number of ether oxygens (including phenoxy) is 1. The molecule has 1 aromatic carbocycles. The van der Waals surface area contributed by atoms with Gasteiger partial charge in [0.05, 0.1) is 13.2 Å². The number of nitrogens with zero attached hydrogens (tertiary/aromatic N) is 1. The molecule has 2 aliphatic rings. The average Bonchev–Trinajstić information content (AvgIpc) is 2.75. The molecule has 0 spiro atoms. The fraction of sp³-hybridized carbons (Fsp3) is 0.533. The Kier molecular flexibility index (Phi) is 3.53. The minimum Gasteiger partial charge on any atom is -0.378 e. The Morgan fingerprint density at radius 3 is 3.11 bits per heavy atom. The molecule has 0 unspecified atom stereocenters. The summed E-state index contributed by atoms with van der Waals surface area (Å²) in [6.07, 6.45) is 1.47. The van der Waals surface area contributed by atoms with E-state index in [1.807, 2.05) is 23.1 Å². The van der Waals surface area contributed by atoms with E-state index in [9.17, 15) is 4.79 Å². The summed E-state index contributed by atoms with van der Waals surface area (Å²) in [5, 5.41) is 3.34. The summed E-state index contributed by atoms with van der Waals surface area (Å²) in [5.74, 6) is 0.195. The van der Waals surface area contributed by atoms with Gasteiger partial charge in [0, 0.05) is 30.7 Å². The van der Waals surface area contributed by atoms with E-state index in [0.717, 1.165) is 25.3 Å². The van der Waals surface area contributed by atoms with Crippen molar-refractivity contribution >= 4 is 11.6 Å². The topological polar surface area (TPSA) is 41.6 Å². The second-order valence-corrected chi connectivity index (χ2v) is 5.38. The van der Waals surface area contributed by atoms with Crippen molar-refractivity contribution in [2.24, 2.45) is 0 Å². The molecule has 4 heteroatoms. The number of carbonyl (C=O) groups excluding carboxylic acids is 1. The molecule has 2 atom stereocenters. The third kappa shape index (κ3) is 2.51. The van der Waals surface area contributed by atoms with Crippen molar-refractivity contribution in [1.29, 1.82) is 0 Å². The van der Waals surface area contributed by atoms with Gasteiger partial charge in [-0.05, 0) is 25.0 Å². The molecule has 1 aromatic rings. The van der Waals surface area contributed by atoms with E-state index >= 15 is 0 Å². The summed E-state index contributed by atoms with van der Waals surface area (Å²) in [7, 11) is 0. The Morgan fingerprint density at radius 1 is 1.47 bits per heavy atom. The van der Waals surface area contributed by atoms with E-state index in [4.69, 9.17) is 4.74 Å². The number of nitrogens with one attached hydrogen (secondary N) is 1. The van der Waals surface area contributed by atoms with Crippen LogP contribution in [-0.4, -0.2) is 37.7 Å². The Labute approximate surface area is 113 Å². The number of rotatable bonds is 2. The second kappa shape index (κ2) is 5.31. The number of carbonyl (C=O) groups is 1. The molecule has 102 valence electrons. The van der Waals surface area contributed by atoms with Crippen molar-refractivity contribution in [3.8, 4) is 0 Å². The zero-order valence-electron chi connectivity index (χ0n) is 11.3. The van der Waals surface area contributed by atoms with Crippen molar-refractivity contribution in [2.75, 3.05) is 24.7 Å². The smallest absolute Gasteiger partial charge is 0.228 e. The molecule has 0 saturated carbocycles. The lowest BCUT2D eigenvalue weighted by molar-refractivity contribution is -0.120. The van der Waals surface area contributed by atoms with Crippen LogP contribution in [0.3, 0.4) is 0 Å². The van der Waals surface area contributed by atoms with Gasteiger partial charge in [-0.1, -0.05) is 18.2 Å². The Morgan fingerprint density at radius 2 is 2.32 bits per heavy atom. The van der Waals surface area contributed by atoms with Crippen LogP contribution >= 0.6 is 0 Å². The predicted molar refractivity (Wildman–Crippen MR) is 74.3 cm³/mol. The van der Waals surface area contributed by atoms with Gasteiger partial charge in [0.15, 0.2) is 0 Å². The number of fused-ring (bicyclic) bond motifs is 1. The lowest BCUT2D eigenvalue weighted by Crippen LogP contribution is -2.46. The molecule has 2 aliphatic heterocycles. The molecule has 2 heterocycles. The number of anilines is 1. The maximum atomic E-state index is 12.5. The Bertz CT molecular complexity index is 469. The summed E-state index contributed by atoms with van der Waals surface area (Å²) in [6.45, 7) is 4.33. The van der Waals surface area contributed by atoms with Gasteiger partial charge in [0.1, 0.15) is 0 Å². The summed E-state index contributed by atoms with van der Waals surface area (Å²) in [5.41, 5.74) is 2.35. The minimum absolute atomic E-state index is 0.154. The van der Waals surface area contributed by atoms with Crippen molar-refractivity contribution in [3.05, 3.63) is 29.8 Å². The summed E-state index contributed by atoms with van der Waals surface area (Å²) >= 11 is 0. The molecular weight excluding hydrogens is 240 g/mol. The maximum absolute atomic E-state index is 12.5. The van der Waals surface area contributed by atoms with Gasteiger partial charge in [0.2, 0.25) is 5.91 Å². The quantitative estimate of drug-likeness (QED) is 0.872. The molecular formula is C15H20N2O2. The maximum Gasteiger partial charge on any atom is 0.228 e.